The van der Waals surface area contributed by atoms with Crippen molar-refractivity contribution in [2.24, 2.45) is 0 Å². The first kappa shape index (κ1) is 8.17. The fourth-order valence-corrected chi connectivity index (χ4v) is 1.04. The molecule has 0 spiro atoms. The standard InChI is InChI=1S/C10H9Cl/c1-3-4-9-7-10(11)6-5-8(9)2/h5-7H,1-2H3. The Morgan fingerprint density at radius 2 is 2.09 bits per heavy atom. The van der Waals surface area contributed by atoms with Crippen LogP contribution in [0, 0.1) is 18.8 Å². The molecule has 0 amide bonds. The molecule has 0 aliphatic rings. The van der Waals surface area contributed by atoms with Crippen LogP contribution < -0.4 is 0 Å². The van der Waals surface area contributed by atoms with E-state index in [1.165, 1.54) is 5.56 Å². The molecular formula is C10H9Cl. The molecule has 0 heterocycles. The first-order valence-corrected chi connectivity index (χ1v) is 3.80. The average molecular weight is 165 g/mol. The zero-order chi connectivity index (χ0) is 8.27. The summed E-state index contributed by atoms with van der Waals surface area (Å²) in [5, 5.41) is 0.744. The maximum Gasteiger partial charge on any atom is 0.0418 e. The summed E-state index contributed by atoms with van der Waals surface area (Å²) in [5.74, 6) is 5.83. The van der Waals surface area contributed by atoms with Gasteiger partial charge in [-0.1, -0.05) is 23.6 Å². The van der Waals surface area contributed by atoms with Crippen LogP contribution in [0.15, 0.2) is 18.2 Å². The third-order valence-electron chi connectivity index (χ3n) is 1.46. The summed E-state index contributed by atoms with van der Waals surface area (Å²) in [7, 11) is 0. The van der Waals surface area contributed by atoms with Crippen molar-refractivity contribution in [3.63, 3.8) is 0 Å². The van der Waals surface area contributed by atoms with E-state index in [9.17, 15) is 0 Å². The quantitative estimate of drug-likeness (QED) is 0.517. The van der Waals surface area contributed by atoms with E-state index in [2.05, 4.69) is 11.8 Å². The van der Waals surface area contributed by atoms with E-state index < -0.39 is 0 Å². The molecular weight excluding hydrogens is 156 g/mol. The first-order valence-electron chi connectivity index (χ1n) is 3.43. The SMILES string of the molecule is CC#Cc1cc(Cl)ccc1C. The van der Waals surface area contributed by atoms with Crippen LogP contribution in [0.25, 0.3) is 0 Å². The summed E-state index contributed by atoms with van der Waals surface area (Å²) in [4.78, 5) is 0. The fourth-order valence-electron chi connectivity index (χ4n) is 0.864. The Labute approximate surface area is 72.2 Å². The normalized spacial score (nSPS) is 8.64. The Balaban J connectivity index is 3.19. The topological polar surface area (TPSA) is 0 Å². The van der Waals surface area contributed by atoms with E-state index in [0.717, 1.165) is 10.6 Å². The van der Waals surface area contributed by atoms with Gasteiger partial charge < -0.3 is 0 Å². The summed E-state index contributed by atoms with van der Waals surface area (Å²) in [5.41, 5.74) is 2.18. The Bertz CT molecular complexity index is 315. The molecule has 0 aliphatic carbocycles. The summed E-state index contributed by atoms with van der Waals surface area (Å²) in [6.07, 6.45) is 0. The van der Waals surface area contributed by atoms with Gasteiger partial charge in [-0.15, -0.1) is 5.92 Å². The van der Waals surface area contributed by atoms with Crippen molar-refractivity contribution in [2.75, 3.05) is 0 Å². The van der Waals surface area contributed by atoms with Crippen LogP contribution in [0.4, 0.5) is 0 Å². The lowest BCUT2D eigenvalue weighted by Gasteiger charge is -1.96. The van der Waals surface area contributed by atoms with Gasteiger partial charge in [0.1, 0.15) is 0 Å². The van der Waals surface area contributed by atoms with Crippen LogP contribution >= 0.6 is 11.6 Å². The molecule has 56 valence electrons. The predicted molar refractivity (Wildman–Crippen MR) is 48.7 cm³/mol. The average Bonchev–Trinajstić information content (AvgIpc) is 1.98. The third-order valence-corrected chi connectivity index (χ3v) is 1.69. The van der Waals surface area contributed by atoms with Crippen LogP contribution in [0.2, 0.25) is 5.02 Å². The van der Waals surface area contributed by atoms with Crippen molar-refractivity contribution < 1.29 is 0 Å². The Morgan fingerprint density at radius 1 is 1.36 bits per heavy atom. The van der Waals surface area contributed by atoms with E-state index >= 15 is 0 Å². The second kappa shape index (κ2) is 3.46. The van der Waals surface area contributed by atoms with Crippen molar-refractivity contribution in [1.29, 1.82) is 0 Å². The summed E-state index contributed by atoms with van der Waals surface area (Å²) in [6.45, 7) is 3.84. The van der Waals surface area contributed by atoms with E-state index in [1.807, 2.05) is 32.0 Å². The van der Waals surface area contributed by atoms with Gasteiger partial charge in [0.15, 0.2) is 0 Å². The molecule has 0 unspecified atom stereocenters. The van der Waals surface area contributed by atoms with E-state index in [-0.39, 0.29) is 0 Å². The third kappa shape index (κ3) is 2.00. The molecule has 0 aromatic heterocycles. The molecule has 1 aromatic carbocycles. The molecule has 0 N–H and O–H groups in total. The molecule has 0 atom stereocenters. The van der Waals surface area contributed by atoms with Crippen molar-refractivity contribution >= 4 is 11.6 Å². The largest absolute Gasteiger partial charge is 0.101 e. The first-order chi connectivity index (χ1) is 5.24. The predicted octanol–water partition coefficient (Wildman–Crippen LogP) is 3.02. The van der Waals surface area contributed by atoms with Crippen LogP contribution in [-0.2, 0) is 0 Å². The molecule has 0 nitrogen and oxygen atoms in total. The summed E-state index contributed by atoms with van der Waals surface area (Å²) >= 11 is 5.78. The molecule has 0 fully saturated rings. The lowest BCUT2D eigenvalue weighted by atomic mass is 10.1. The van der Waals surface area contributed by atoms with Gasteiger partial charge in [-0.2, -0.15) is 0 Å². The zero-order valence-corrected chi connectivity index (χ0v) is 7.37. The maximum atomic E-state index is 5.78. The number of aryl methyl sites for hydroxylation is 1. The van der Waals surface area contributed by atoms with Gasteiger partial charge in [0, 0.05) is 10.6 Å². The van der Waals surface area contributed by atoms with Crippen molar-refractivity contribution in [1.82, 2.24) is 0 Å². The molecule has 0 saturated carbocycles. The Hall–Kier alpha value is -0.930. The van der Waals surface area contributed by atoms with Gasteiger partial charge in [0.05, 0.1) is 0 Å². The van der Waals surface area contributed by atoms with Crippen LogP contribution in [0.3, 0.4) is 0 Å². The minimum absolute atomic E-state index is 0.744. The lowest BCUT2D eigenvalue weighted by molar-refractivity contribution is 1.44. The molecule has 0 saturated heterocycles. The maximum absolute atomic E-state index is 5.78. The highest BCUT2D eigenvalue weighted by molar-refractivity contribution is 6.30. The van der Waals surface area contributed by atoms with Gasteiger partial charge in [-0.05, 0) is 31.5 Å². The van der Waals surface area contributed by atoms with Gasteiger partial charge in [-0.3, -0.25) is 0 Å². The second-order valence-electron chi connectivity index (χ2n) is 2.33. The molecule has 1 rings (SSSR count). The summed E-state index contributed by atoms with van der Waals surface area (Å²) in [6, 6.07) is 5.73. The van der Waals surface area contributed by atoms with Crippen LogP contribution in [-0.4, -0.2) is 0 Å². The Morgan fingerprint density at radius 3 is 2.73 bits per heavy atom. The molecule has 1 heteroatoms. The number of hydrogen-bond donors (Lipinski definition) is 0. The molecule has 11 heavy (non-hydrogen) atoms. The Kier molecular flexibility index (Phi) is 2.57. The summed E-state index contributed by atoms with van der Waals surface area (Å²) < 4.78 is 0. The molecule has 0 radical (unpaired) electrons. The zero-order valence-electron chi connectivity index (χ0n) is 6.61. The minimum Gasteiger partial charge on any atom is -0.101 e. The van der Waals surface area contributed by atoms with Gasteiger partial charge in [0.2, 0.25) is 0 Å². The van der Waals surface area contributed by atoms with E-state index in [1.54, 1.807) is 0 Å². The molecule has 0 aliphatic heterocycles. The highest BCUT2D eigenvalue weighted by atomic mass is 35.5. The number of benzene rings is 1. The molecule has 1 aromatic rings. The molecule has 0 bridgehead atoms. The smallest absolute Gasteiger partial charge is 0.0418 e. The number of rotatable bonds is 0. The van der Waals surface area contributed by atoms with Gasteiger partial charge in [0.25, 0.3) is 0 Å². The van der Waals surface area contributed by atoms with Crippen molar-refractivity contribution in [3.05, 3.63) is 34.3 Å². The number of halogens is 1. The van der Waals surface area contributed by atoms with Crippen molar-refractivity contribution in [3.8, 4) is 11.8 Å². The van der Waals surface area contributed by atoms with Gasteiger partial charge in [-0.25, -0.2) is 0 Å². The lowest BCUT2D eigenvalue weighted by Crippen LogP contribution is -1.80. The van der Waals surface area contributed by atoms with E-state index in [0.29, 0.717) is 0 Å². The highest BCUT2D eigenvalue weighted by Crippen LogP contribution is 2.13. The second-order valence-corrected chi connectivity index (χ2v) is 2.77. The highest BCUT2D eigenvalue weighted by Gasteiger charge is 1.93. The van der Waals surface area contributed by atoms with E-state index in [4.69, 9.17) is 11.6 Å². The van der Waals surface area contributed by atoms with Crippen LogP contribution in [0.5, 0.6) is 0 Å². The van der Waals surface area contributed by atoms with Crippen LogP contribution in [0.1, 0.15) is 18.1 Å². The monoisotopic (exact) mass is 164 g/mol. The fraction of sp³-hybridized carbons (Fsp3) is 0.200. The van der Waals surface area contributed by atoms with Gasteiger partial charge >= 0.3 is 0 Å². The number of hydrogen-bond acceptors (Lipinski definition) is 0. The van der Waals surface area contributed by atoms with Crippen molar-refractivity contribution in [2.45, 2.75) is 13.8 Å². The minimum atomic E-state index is 0.744.